The van der Waals surface area contributed by atoms with Gasteiger partial charge in [0.05, 0.1) is 4.92 Å². The van der Waals surface area contributed by atoms with E-state index in [0.29, 0.717) is 4.90 Å². The Balaban J connectivity index is 3.26. The van der Waals surface area contributed by atoms with Crippen LogP contribution in [0.2, 0.25) is 0 Å². The Morgan fingerprint density at radius 2 is 1.95 bits per heavy atom. The van der Waals surface area contributed by atoms with Gasteiger partial charge in [-0.1, -0.05) is 12.1 Å². The number of hydrogen-bond acceptors (Lipinski definition) is 5. The van der Waals surface area contributed by atoms with Crippen LogP contribution in [-0.4, -0.2) is 45.8 Å². The van der Waals surface area contributed by atoms with Gasteiger partial charge >= 0.3 is 5.97 Å². The number of nitro groups is 1. The van der Waals surface area contributed by atoms with E-state index in [1.807, 2.05) is 0 Å². The summed E-state index contributed by atoms with van der Waals surface area (Å²) in [6, 6.07) is 4.08. The third-order valence-electron chi connectivity index (χ3n) is 2.61. The third kappa shape index (κ3) is 4.00. The molecule has 0 aromatic heterocycles. The lowest BCUT2D eigenvalue weighted by Gasteiger charge is -2.19. The summed E-state index contributed by atoms with van der Waals surface area (Å²) in [5.41, 5.74) is 4.49. The molecule has 112 valence electrons. The minimum atomic E-state index is -1.36. The van der Waals surface area contributed by atoms with E-state index in [1.165, 1.54) is 25.1 Å². The number of hydrogen-bond donors (Lipinski definition) is 2. The summed E-state index contributed by atoms with van der Waals surface area (Å²) in [4.78, 5) is 44.8. The van der Waals surface area contributed by atoms with Crippen LogP contribution >= 0.6 is 0 Å². The molecular weight excluding hydrogens is 282 g/mol. The Morgan fingerprint density at radius 1 is 1.33 bits per heavy atom. The highest BCUT2D eigenvalue weighted by molar-refractivity contribution is 6.01. The average molecular weight is 295 g/mol. The first-order chi connectivity index (χ1) is 9.73. The van der Waals surface area contributed by atoms with Crippen LogP contribution in [-0.2, 0) is 9.59 Å². The Labute approximate surface area is 119 Å². The van der Waals surface area contributed by atoms with Gasteiger partial charge in [-0.3, -0.25) is 24.5 Å². The molecule has 0 radical (unpaired) electrons. The molecule has 0 aliphatic heterocycles. The van der Waals surface area contributed by atoms with Crippen molar-refractivity contribution in [1.29, 1.82) is 0 Å². The molecule has 0 bridgehead atoms. The molecule has 21 heavy (non-hydrogen) atoms. The van der Waals surface area contributed by atoms with Gasteiger partial charge in [0, 0.05) is 5.56 Å². The number of aliphatic carboxylic acids is 1. The molecule has 0 atom stereocenters. The smallest absolute Gasteiger partial charge is 0.323 e. The zero-order chi connectivity index (χ0) is 16.2. The van der Waals surface area contributed by atoms with Crippen molar-refractivity contribution in [2.45, 2.75) is 6.92 Å². The first-order valence-corrected chi connectivity index (χ1v) is 5.77. The van der Waals surface area contributed by atoms with Gasteiger partial charge in [-0.25, -0.2) is 0 Å². The molecule has 1 rings (SSSR count). The quantitative estimate of drug-likeness (QED) is 0.554. The lowest BCUT2D eigenvalue weighted by molar-refractivity contribution is -0.385. The second-order valence-electron chi connectivity index (χ2n) is 4.25. The van der Waals surface area contributed by atoms with Crippen LogP contribution in [0.15, 0.2) is 18.2 Å². The summed E-state index contributed by atoms with van der Waals surface area (Å²) >= 11 is 0. The van der Waals surface area contributed by atoms with Crippen LogP contribution in [0.3, 0.4) is 0 Å². The fourth-order valence-corrected chi connectivity index (χ4v) is 1.80. The fourth-order valence-electron chi connectivity index (χ4n) is 1.80. The van der Waals surface area contributed by atoms with E-state index in [0.717, 1.165) is 0 Å². The minimum absolute atomic E-state index is 0.250. The van der Waals surface area contributed by atoms with Crippen LogP contribution < -0.4 is 5.73 Å². The molecule has 3 N–H and O–H groups in total. The van der Waals surface area contributed by atoms with Crippen LogP contribution in [0.1, 0.15) is 15.9 Å². The van der Waals surface area contributed by atoms with Crippen molar-refractivity contribution in [3.8, 4) is 0 Å². The SMILES string of the molecule is Cc1cccc(C(=O)N(CC(N)=O)CC(=O)O)c1[N+](=O)[O-]. The van der Waals surface area contributed by atoms with Gasteiger partial charge in [0.1, 0.15) is 18.7 Å². The van der Waals surface area contributed by atoms with Crippen molar-refractivity contribution in [2.24, 2.45) is 5.73 Å². The number of carbonyl (C=O) groups is 3. The summed E-state index contributed by atoms with van der Waals surface area (Å²) < 4.78 is 0. The Kier molecular flexibility index (Phi) is 4.95. The third-order valence-corrected chi connectivity index (χ3v) is 2.61. The van der Waals surface area contributed by atoms with Crippen LogP contribution in [0.5, 0.6) is 0 Å². The topological polar surface area (TPSA) is 144 Å². The molecule has 0 spiro atoms. The first kappa shape index (κ1) is 16.1. The summed E-state index contributed by atoms with van der Waals surface area (Å²) in [7, 11) is 0. The largest absolute Gasteiger partial charge is 0.480 e. The number of benzene rings is 1. The Hall–Kier alpha value is -2.97. The monoisotopic (exact) mass is 295 g/mol. The number of nitrogens with zero attached hydrogens (tertiary/aromatic N) is 2. The second-order valence-corrected chi connectivity index (χ2v) is 4.25. The summed E-state index contributed by atoms with van der Waals surface area (Å²) in [5, 5.41) is 19.8. The van der Waals surface area contributed by atoms with Gasteiger partial charge < -0.3 is 15.7 Å². The molecule has 0 unspecified atom stereocenters. The van der Waals surface area contributed by atoms with E-state index in [1.54, 1.807) is 0 Å². The number of amides is 2. The Morgan fingerprint density at radius 3 is 2.43 bits per heavy atom. The highest BCUT2D eigenvalue weighted by atomic mass is 16.6. The zero-order valence-corrected chi connectivity index (χ0v) is 11.1. The number of carbonyl (C=O) groups excluding carboxylic acids is 2. The van der Waals surface area contributed by atoms with Crippen LogP contribution in [0.25, 0.3) is 0 Å². The molecule has 0 saturated carbocycles. The molecule has 0 fully saturated rings. The van der Waals surface area contributed by atoms with Gasteiger partial charge in [0.2, 0.25) is 5.91 Å². The molecule has 0 aliphatic rings. The van der Waals surface area contributed by atoms with Crippen LogP contribution in [0.4, 0.5) is 5.69 Å². The summed E-state index contributed by atoms with van der Waals surface area (Å²) in [5.74, 6) is -3.22. The summed E-state index contributed by atoms with van der Waals surface area (Å²) in [6.07, 6.45) is 0. The first-order valence-electron chi connectivity index (χ1n) is 5.77. The number of aryl methyl sites for hydroxylation is 1. The number of carboxylic acid groups (broad SMARTS) is 1. The number of nitro benzene ring substituents is 1. The highest BCUT2D eigenvalue weighted by Crippen LogP contribution is 2.24. The summed E-state index contributed by atoms with van der Waals surface area (Å²) in [6.45, 7) is 0.0215. The number of rotatable bonds is 6. The lowest BCUT2D eigenvalue weighted by Crippen LogP contribution is -2.41. The molecular formula is C12H13N3O6. The van der Waals surface area contributed by atoms with Gasteiger partial charge in [-0.2, -0.15) is 0 Å². The number of nitrogens with two attached hydrogens (primary N) is 1. The van der Waals surface area contributed by atoms with Crippen molar-refractivity contribution in [1.82, 2.24) is 4.90 Å². The predicted octanol–water partition coefficient (Wildman–Crippen LogP) is -0.0847. The molecule has 2 amide bonds. The van der Waals surface area contributed by atoms with E-state index < -0.39 is 41.5 Å². The number of para-hydroxylation sites is 1. The maximum absolute atomic E-state index is 12.2. The number of carboxylic acids is 1. The van der Waals surface area contributed by atoms with E-state index in [9.17, 15) is 24.5 Å². The van der Waals surface area contributed by atoms with E-state index in [2.05, 4.69) is 0 Å². The molecule has 1 aromatic rings. The Bertz CT molecular complexity index is 597. The molecule has 0 aliphatic carbocycles. The van der Waals surface area contributed by atoms with E-state index in [-0.39, 0.29) is 11.1 Å². The van der Waals surface area contributed by atoms with Gasteiger partial charge in [-0.05, 0) is 13.0 Å². The zero-order valence-electron chi connectivity index (χ0n) is 11.1. The fraction of sp³-hybridized carbons (Fsp3) is 0.250. The molecule has 9 nitrogen and oxygen atoms in total. The lowest BCUT2D eigenvalue weighted by atomic mass is 10.1. The molecule has 0 saturated heterocycles. The van der Waals surface area contributed by atoms with Gasteiger partial charge in [0.25, 0.3) is 11.6 Å². The normalized spacial score (nSPS) is 9.95. The second kappa shape index (κ2) is 6.46. The minimum Gasteiger partial charge on any atom is -0.480 e. The maximum atomic E-state index is 12.2. The van der Waals surface area contributed by atoms with Crippen molar-refractivity contribution >= 4 is 23.5 Å². The van der Waals surface area contributed by atoms with Crippen molar-refractivity contribution in [3.63, 3.8) is 0 Å². The standard InChI is InChI=1S/C12H13N3O6/c1-7-3-2-4-8(11(7)15(20)21)12(19)14(5-9(13)16)6-10(17)18/h2-4H,5-6H2,1H3,(H2,13,16)(H,17,18). The number of primary amides is 1. The predicted molar refractivity (Wildman–Crippen MR) is 70.6 cm³/mol. The molecule has 9 heteroatoms. The van der Waals surface area contributed by atoms with Crippen molar-refractivity contribution < 1.29 is 24.4 Å². The average Bonchev–Trinajstić information content (AvgIpc) is 2.35. The van der Waals surface area contributed by atoms with Gasteiger partial charge in [-0.15, -0.1) is 0 Å². The van der Waals surface area contributed by atoms with E-state index in [4.69, 9.17) is 10.8 Å². The van der Waals surface area contributed by atoms with E-state index >= 15 is 0 Å². The van der Waals surface area contributed by atoms with Crippen LogP contribution in [0, 0.1) is 17.0 Å². The molecule has 1 aromatic carbocycles. The van der Waals surface area contributed by atoms with Crippen molar-refractivity contribution in [3.05, 3.63) is 39.4 Å². The highest BCUT2D eigenvalue weighted by Gasteiger charge is 2.28. The van der Waals surface area contributed by atoms with Crippen molar-refractivity contribution in [2.75, 3.05) is 13.1 Å². The molecule has 0 heterocycles. The maximum Gasteiger partial charge on any atom is 0.323 e. The van der Waals surface area contributed by atoms with Gasteiger partial charge in [0.15, 0.2) is 0 Å².